The Morgan fingerprint density at radius 1 is 1.12 bits per heavy atom. The average molecular weight is 254 g/mol. The highest BCUT2D eigenvalue weighted by atomic mass is 19.4. The molecule has 0 amide bonds. The molecule has 1 N–H and O–H groups in total. The molecule has 0 rings (SSSR count). The molecule has 0 saturated carbocycles. The number of alkyl halides is 3. The van der Waals surface area contributed by atoms with Gasteiger partial charge in [0.25, 0.3) is 0 Å². The Labute approximate surface area is 103 Å². The third kappa shape index (κ3) is 8.44. The van der Waals surface area contributed by atoms with Crippen molar-refractivity contribution in [2.24, 2.45) is 0 Å². The van der Waals surface area contributed by atoms with Crippen LogP contribution < -0.4 is 5.32 Å². The number of halogens is 3. The van der Waals surface area contributed by atoms with Gasteiger partial charge in [-0.3, -0.25) is 4.90 Å². The van der Waals surface area contributed by atoms with Crippen LogP contribution in [0.2, 0.25) is 0 Å². The molecular formula is C12H25F3N2. The normalized spacial score (nSPS) is 14.3. The van der Waals surface area contributed by atoms with Crippen molar-refractivity contribution >= 4 is 0 Å². The van der Waals surface area contributed by atoms with E-state index in [9.17, 15) is 13.2 Å². The van der Waals surface area contributed by atoms with Crippen molar-refractivity contribution < 1.29 is 13.2 Å². The van der Waals surface area contributed by atoms with Gasteiger partial charge in [0, 0.05) is 12.6 Å². The second kappa shape index (κ2) is 8.75. The topological polar surface area (TPSA) is 15.3 Å². The molecule has 104 valence electrons. The molecule has 0 radical (unpaired) electrons. The maximum atomic E-state index is 12.5. The molecule has 0 saturated heterocycles. The van der Waals surface area contributed by atoms with E-state index < -0.39 is 12.7 Å². The van der Waals surface area contributed by atoms with Crippen LogP contribution in [0.25, 0.3) is 0 Å². The molecule has 0 aliphatic rings. The average Bonchev–Trinajstić information content (AvgIpc) is 2.22. The maximum absolute atomic E-state index is 12.5. The highest BCUT2D eigenvalue weighted by Gasteiger charge is 2.33. The van der Waals surface area contributed by atoms with E-state index in [-0.39, 0.29) is 6.04 Å². The zero-order valence-corrected chi connectivity index (χ0v) is 11.1. The lowest BCUT2D eigenvalue weighted by Gasteiger charge is -2.32. The summed E-state index contributed by atoms with van der Waals surface area (Å²) in [5, 5.41) is 3.15. The van der Waals surface area contributed by atoms with E-state index in [4.69, 9.17) is 0 Å². The summed E-state index contributed by atoms with van der Waals surface area (Å²) in [6.07, 6.45) is -1.63. The molecule has 1 unspecified atom stereocenters. The Balaban J connectivity index is 4.45. The van der Waals surface area contributed by atoms with Crippen molar-refractivity contribution in [3.8, 4) is 0 Å². The zero-order valence-electron chi connectivity index (χ0n) is 11.1. The van der Waals surface area contributed by atoms with Crippen molar-refractivity contribution in [2.75, 3.05) is 26.2 Å². The van der Waals surface area contributed by atoms with Crippen LogP contribution in [0.5, 0.6) is 0 Å². The van der Waals surface area contributed by atoms with Crippen molar-refractivity contribution in [1.82, 2.24) is 10.2 Å². The van der Waals surface area contributed by atoms with Crippen LogP contribution in [0.3, 0.4) is 0 Å². The molecule has 5 heteroatoms. The van der Waals surface area contributed by atoms with Crippen LogP contribution in [0.15, 0.2) is 0 Å². The maximum Gasteiger partial charge on any atom is 0.401 e. The Morgan fingerprint density at radius 2 is 1.76 bits per heavy atom. The van der Waals surface area contributed by atoms with E-state index in [0.29, 0.717) is 13.1 Å². The number of hydrogen-bond acceptors (Lipinski definition) is 2. The lowest BCUT2D eigenvalue weighted by molar-refractivity contribution is -0.151. The van der Waals surface area contributed by atoms with Crippen molar-refractivity contribution in [1.29, 1.82) is 0 Å². The summed E-state index contributed by atoms with van der Waals surface area (Å²) in [5.41, 5.74) is 0. The summed E-state index contributed by atoms with van der Waals surface area (Å²) in [5.74, 6) is 0. The Kier molecular flexibility index (Phi) is 8.60. The highest BCUT2D eigenvalue weighted by molar-refractivity contribution is 4.75. The van der Waals surface area contributed by atoms with E-state index in [2.05, 4.69) is 5.32 Å². The van der Waals surface area contributed by atoms with Gasteiger partial charge in [-0.1, -0.05) is 27.2 Å². The van der Waals surface area contributed by atoms with Crippen molar-refractivity contribution in [3.63, 3.8) is 0 Å². The first-order chi connectivity index (χ1) is 7.94. The van der Waals surface area contributed by atoms with Gasteiger partial charge in [-0.15, -0.1) is 0 Å². The van der Waals surface area contributed by atoms with E-state index in [1.54, 1.807) is 4.90 Å². The molecule has 1 atom stereocenters. The summed E-state index contributed by atoms with van der Waals surface area (Å²) < 4.78 is 37.5. The molecule has 0 spiro atoms. The first-order valence-corrected chi connectivity index (χ1v) is 6.46. The molecule has 0 aromatic carbocycles. The third-order valence-corrected chi connectivity index (χ3v) is 2.66. The third-order valence-electron chi connectivity index (χ3n) is 2.66. The van der Waals surface area contributed by atoms with Gasteiger partial charge < -0.3 is 5.32 Å². The van der Waals surface area contributed by atoms with Gasteiger partial charge >= 0.3 is 6.18 Å². The molecular weight excluding hydrogens is 229 g/mol. The van der Waals surface area contributed by atoms with Gasteiger partial charge in [0.15, 0.2) is 0 Å². The SMILES string of the molecule is CCCC(CNCC)N(CCC)CC(F)(F)F. The Morgan fingerprint density at radius 3 is 2.18 bits per heavy atom. The summed E-state index contributed by atoms with van der Waals surface area (Å²) in [7, 11) is 0. The number of rotatable bonds is 9. The monoisotopic (exact) mass is 254 g/mol. The summed E-state index contributed by atoms with van der Waals surface area (Å²) in [4.78, 5) is 1.56. The smallest absolute Gasteiger partial charge is 0.315 e. The molecule has 0 aromatic heterocycles. The largest absolute Gasteiger partial charge is 0.401 e. The summed E-state index contributed by atoms with van der Waals surface area (Å²) >= 11 is 0. The van der Waals surface area contributed by atoms with E-state index in [1.807, 2.05) is 20.8 Å². The fraction of sp³-hybridized carbons (Fsp3) is 1.00. The van der Waals surface area contributed by atoms with Crippen LogP contribution in [-0.4, -0.2) is 43.3 Å². The molecule has 0 aromatic rings. The van der Waals surface area contributed by atoms with Crippen LogP contribution in [-0.2, 0) is 0 Å². The lowest BCUT2D eigenvalue weighted by atomic mass is 10.1. The quantitative estimate of drug-likeness (QED) is 0.680. The predicted octanol–water partition coefficient (Wildman–Crippen LogP) is 3.04. The minimum Gasteiger partial charge on any atom is -0.315 e. The molecule has 0 aliphatic heterocycles. The van der Waals surface area contributed by atoms with E-state index in [1.165, 1.54) is 0 Å². The zero-order chi connectivity index (χ0) is 13.3. The molecule has 0 bridgehead atoms. The predicted molar refractivity (Wildman–Crippen MR) is 65.2 cm³/mol. The lowest BCUT2D eigenvalue weighted by Crippen LogP contribution is -2.46. The van der Waals surface area contributed by atoms with Crippen LogP contribution in [0.1, 0.15) is 40.0 Å². The summed E-state index contributed by atoms with van der Waals surface area (Å²) in [6, 6.07) is -0.0125. The molecule has 0 fully saturated rings. The van der Waals surface area contributed by atoms with Crippen LogP contribution in [0.4, 0.5) is 13.2 Å². The van der Waals surface area contributed by atoms with Gasteiger partial charge in [0.05, 0.1) is 6.54 Å². The fourth-order valence-corrected chi connectivity index (χ4v) is 1.97. The molecule has 0 aliphatic carbocycles. The van der Waals surface area contributed by atoms with Crippen LogP contribution >= 0.6 is 0 Å². The van der Waals surface area contributed by atoms with E-state index >= 15 is 0 Å². The summed E-state index contributed by atoms with van der Waals surface area (Å²) in [6.45, 7) is 7.05. The molecule has 17 heavy (non-hydrogen) atoms. The van der Waals surface area contributed by atoms with E-state index in [0.717, 1.165) is 25.8 Å². The minimum absolute atomic E-state index is 0.0125. The van der Waals surface area contributed by atoms with Gasteiger partial charge in [-0.2, -0.15) is 13.2 Å². The molecule has 2 nitrogen and oxygen atoms in total. The second-order valence-electron chi connectivity index (χ2n) is 4.34. The van der Waals surface area contributed by atoms with Crippen LogP contribution in [0, 0.1) is 0 Å². The first kappa shape index (κ1) is 16.7. The number of nitrogens with one attached hydrogen (secondary N) is 1. The minimum atomic E-state index is -4.10. The number of nitrogens with zero attached hydrogens (tertiary/aromatic N) is 1. The van der Waals surface area contributed by atoms with Gasteiger partial charge in [0.1, 0.15) is 0 Å². The fourth-order valence-electron chi connectivity index (χ4n) is 1.97. The van der Waals surface area contributed by atoms with Gasteiger partial charge in [0.2, 0.25) is 0 Å². The first-order valence-electron chi connectivity index (χ1n) is 6.46. The molecule has 0 heterocycles. The number of hydrogen-bond donors (Lipinski definition) is 1. The van der Waals surface area contributed by atoms with Crippen molar-refractivity contribution in [2.45, 2.75) is 52.3 Å². The Hall–Kier alpha value is -0.290. The highest BCUT2D eigenvalue weighted by Crippen LogP contribution is 2.19. The Bertz CT molecular complexity index is 183. The second-order valence-corrected chi connectivity index (χ2v) is 4.34. The van der Waals surface area contributed by atoms with Crippen molar-refractivity contribution in [3.05, 3.63) is 0 Å². The standard InChI is InChI=1S/C12H25F3N2/c1-4-7-11(9-16-6-3)17(8-5-2)10-12(13,14)15/h11,16H,4-10H2,1-3H3. The number of likely N-dealkylation sites (N-methyl/N-ethyl adjacent to an activating group) is 1. The van der Waals surface area contributed by atoms with Gasteiger partial charge in [-0.25, -0.2) is 0 Å². The van der Waals surface area contributed by atoms with Gasteiger partial charge in [-0.05, 0) is 25.9 Å².